The first-order chi connectivity index (χ1) is 12.4. The van der Waals surface area contributed by atoms with Crippen molar-refractivity contribution in [2.24, 2.45) is 0 Å². The Hall–Kier alpha value is -1.03. The third kappa shape index (κ3) is 5.48. The fraction of sp³-hybridized carbons (Fsp3) is 0.0556. The first-order valence-corrected chi connectivity index (χ1v) is 12.4. The summed E-state index contributed by atoms with van der Waals surface area (Å²) in [6, 6.07) is 17.6. The molecule has 2 aromatic carbocycles. The van der Waals surface area contributed by atoms with Crippen molar-refractivity contribution in [2.75, 3.05) is 6.26 Å². The molecule has 1 unspecified atom stereocenters. The number of allylic oxidation sites excluding steroid dienone is 2. The predicted octanol–water partition coefficient (Wildman–Crippen LogP) is 2.39. The highest BCUT2D eigenvalue weighted by Gasteiger charge is 2.30. The highest BCUT2D eigenvalue weighted by atomic mass is 35.7. The molecule has 26 heavy (non-hydrogen) atoms. The van der Waals surface area contributed by atoms with Crippen molar-refractivity contribution in [2.45, 2.75) is 4.90 Å². The minimum absolute atomic E-state index is 0.648. The summed E-state index contributed by atoms with van der Waals surface area (Å²) < 4.78 is 37.9. The summed E-state index contributed by atoms with van der Waals surface area (Å²) in [6.45, 7) is 0. The highest BCUT2D eigenvalue weighted by molar-refractivity contribution is 8.85. The number of hydrogen-bond acceptors (Lipinski definition) is 6. The topological polar surface area (TPSA) is 78.4 Å². The van der Waals surface area contributed by atoms with Crippen molar-refractivity contribution < 1.29 is 28.0 Å². The van der Waals surface area contributed by atoms with Gasteiger partial charge in [0.15, 0.2) is 9.80 Å². The van der Waals surface area contributed by atoms with Crippen molar-refractivity contribution in [1.82, 2.24) is 0 Å². The van der Waals surface area contributed by atoms with Gasteiger partial charge in [-0.2, -0.15) is 14.0 Å². The van der Waals surface area contributed by atoms with Crippen LogP contribution in [0.2, 0.25) is 0 Å². The zero-order chi connectivity index (χ0) is 18.6. The van der Waals surface area contributed by atoms with Gasteiger partial charge in [0.25, 0.3) is 0 Å². The van der Waals surface area contributed by atoms with Gasteiger partial charge in [0.2, 0.25) is 0 Å². The Balaban J connectivity index is 1.87. The molecule has 0 spiro atoms. The van der Waals surface area contributed by atoms with Crippen molar-refractivity contribution in [3.05, 3.63) is 77.9 Å². The molecule has 3 rings (SSSR count). The van der Waals surface area contributed by atoms with E-state index in [1.54, 1.807) is 17.8 Å². The van der Waals surface area contributed by atoms with Crippen LogP contribution in [0, 0.1) is 10.2 Å². The molecule has 4 nitrogen and oxygen atoms in total. The minimum atomic E-state index is -4.50. The molecule has 0 radical (unpaired) electrons. The molecule has 2 aromatic rings. The van der Waals surface area contributed by atoms with Gasteiger partial charge in [-0.25, -0.2) is 0 Å². The normalized spacial score (nSPS) is 17.8. The first kappa shape index (κ1) is 19.7. The monoisotopic (exact) mass is 426 g/mol. The summed E-state index contributed by atoms with van der Waals surface area (Å²) >= 11 is 1.66. The van der Waals surface area contributed by atoms with E-state index in [4.69, 9.17) is 3.74 Å². The van der Waals surface area contributed by atoms with E-state index in [0.29, 0.717) is 4.86 Å². The van der Waals surface area contributed by atoms with Crippen LogP contribution in [0.15, 0.2) is 71.6 Å². The maximum absolute atomic E-state index is 11.0. The average molecular weight is 427 g/mol. The molecule has 8 heteroatoms. The summed E-state index contributed by atoms with van der Waals surface area (Å²) in [5.41, 5.74) is 1.93. The molecule has 1 aliphatic heterocycles. The van der Waals surface area contributed by atoms with Crippen LogP contribution in [0.25, 0.3) is 11.0 Å². The van der Waals surface area contributed by atoms with E-state index in [0.717, 1.165) is 20.9 Å². The minimum Gasteiger partial charge on any atom is -0.182 e. The fourth-order valence-electron chi connectivity index (χ4n) is 2.18. The summed E-state index contributed by atoms with van der Waals surface area (Å²) in [4.78, 5) is 2.68. The molecule has 136 valence electrons. The summed E-state index contributed by atoms with van der Waals surface area (Å²) in [5.74, 6) is 0. The molecule has 0 N–H and O–H groups in total. The SMILES string of the molecule is CSc1ccc(/C=C/C2=S(O[Cl+3]([O-])([O-])[O-])SC(c3ccccc3)=C2)cc1. The van der Waals surface area contributed by atoms with Gasteiger partial charge >= 0.3 is 0 Å². The van der Waals surface area contributed by atoms with Crippen LogP contribution in [0.1, 0.15) is 11.1 Å². The lowest BCUT2D eigenvalue weighted by atomic mass is 10.1. The predicted molar refractivity (Wildman–Crippen MR) is 103 cm³/mol. The van der Waals surface area contributed by atoms with E-state index < -0.39 is 20.0 Å². The molecule has 0 aromatic heterocycles. The second-order valence-electron chi connectivity index (χ2n) is 5.14. The van der Waals surface area contributed by atoms with Crippen molar-refractivity contribution in [1.29, 1.82) is 0 Å². The van der Waals surface area contributed by atoms with Crippen LogP contribution in [-0.2, 0) is 3.74 Å². The summed E-state index contributed by atoms with van der Waals surface area (Å²) in [6.07, 6.45) is 7.54. The Morgan fingerprint density at radius 2 is 1.69 bits per heavy atom. The van der Waals surface area contributed by atoms with Crippen molar-refractivity contribution in [3.8, 4) is 0 Å². The Bertz CT molecular complexity index is 856. The Labute approximate surface area is 164 Å². The number of thioether (sulfide) groups is 1. The third-order valence-corrected chi connectivity index (χ3v) is 8.55. The van der Waals surface area contributed by atoms with Gasteiger partial charge < -0.3 is 0 Å². The highest BCUT2D eigenvalue weighted by Crippen LogP contribution is 2.50. The lowest BCUT2D eigenvalue weighted by Crippen LogP contribution is -2.60. The van der Waals surface area contributed by atoms with Gasteiger partial charge in [-0.15, -0.1) is 11.8 Å². The molecule has 0 aliphatic carbocycles. The molecule has 0 bridgehead atoms. The standard InChI is InChI=1S/C18H15ClO4S3/c1-24-16-10-7-14(8-11-16)9-12-17-13-18(15-5-3-2-4-6-15)25-26(17)23-19(20,21)22/h2-13H,1H3/b12-9+. The third-order valence-electron chi connectivity index (χ3n) is 3.38. The van der Waals surface area contributed by atoms with Gasteiger partial charge in [-0.1, -0.05) is 48.5 Å². The molecule has 0 saturated carbocycles. The van der Waals surface area contributed by atoms with Gasteiger partial charge in [0.05, 0.1) is 15.1 Å². The van der Waals surface area contributed by atoms with Crippen LogP contribution in [0.4, 0.5) is 0 Å². The molecule has 1 heterocycles. The van der Waals surface area contributed by atoms with Gasteiger partial charge in [-0.3, -0.25) is 0 Å². The Morgan fingerprint density at radius 1 is 1.00 bits per heavy atom. The van der Waals surface area contributed by atoms with E-state index in [-0.39, 0.29) is 0 Å². The van der Waals surface area contributed by atoms with E-state index in [2.05, 4.69) is 0 Å². The van der Waals surface area contributed by atoms with E-state index in [9.17, 15) is 14.0 Å². The number of rotatable bonds is 6. The largest absolute Gasteiger partial charge is 0.182 e. The van der Waals surface area contributed by atoms with Crippen LogP contribution < -0.4 is 14.0 Å². The number of hydrogen-bond donors (Lipinski definition) is 0. The second-order valence-corrected chi connectivity index (χ2v) is 10.2. The van der Waals surface area contributed by atoms with Gasteiger partial charge in [-0.05, 0) is 52.5 Å². The van der Waals surface area contributed by atoms with Crippen LogP contribution in [0.5, 0.6) is 0 Å². The van der Waals surface area contributed by atoms with E-state index in [1.807, 2.05) is 73.0 Å². The zero-order valence-corrected chi connectivity index (χ0v) is 16.9. The molecular weight excluding hydrogens is 412 g/mol. The number of halogens is 1. The fourth-order valence-corrected chi connectivity index (χ4v) is 7.00. The molecule has 0 amide bonds. The van der Waals surface area contributed by atoms with E-state index >= 15 is 0 Å². The van der Waals surface area contributed by atoms with Crippen LogP contribution in [-0.4, -0.2) is 11.1 Å². The first-order valence-electron chi connectivity index (χ1n) is 7.44. The van der Waals surface area contributed by atoms with Crippen LogP contribution in [0.3, 0.4) is 0 Å². The maximum atomic E-state index is 11.0. The lowest BCUT2D eigenvalue weighted by molar-refractivity contribution is -1.91. The quantitative estimate of drug-likeness (QED) is 0.305. The van der Waals surface area contributed by atoms with Crippen molar-refractivity contribution >= 4 is 48.2 Å². The molecule has 1 aliphatic rings. The van der Waals surface area contributed by atoms with Crippen LogP contribution >= 0.6 is 32.4 Å². The summed E-state index contributed by atoms with van der Waals surface area (Å²) in [7, 11) is -4.48. The smallest absolute Gasteiger partial charge is 0.179 e. The number of benzene rings is 2. The maximum Gasteiger partial charge on any atom is 0.179 e. The second kappa shape index (κ2) is 8.77. The van der Waals surface area contributed by atoms with Gasteiger partial charge in [0.1, 0.15) is 3.74 Å². The molecular formula is C18H15ClO4S3. The zero-order valence-electron chi connectivity index (χ0n) is 13.7. The molecule has 1 atom stereocenters. The van der Waals surface area contributed by atoms with Crippen molar-refractivity contribution in [3.63, 3.8) is 0 Å². The van der Waals surface area contributed by atoms with E-state index in [1.165, 1.54) is 10.8 Å². The summed E-state index contributed by atoms with van der Waals surface area (Å²) in [5, 5.41) is 0. The Morgan fingerprint density at radius 3 is 2.31 bits per heavy atom. The lowest BCUT2D eigenvalue weighted by Gasteiger charge is -2.12. The van der Waals surface area contributed by atoms with Gasteiger partial charge in [0, 0.05) is 9.80 Å². The molecule has 0 fully saturated rings. The Kier molecular flexibility index (Phi) is 6.65. The average Bonchev–Trinajstić information content (AvgIpc) is 3.02. The molecule has 0 saturated heterocycles.